The third-order valence-electron chi connectivity index (χ3n) is 5.26. The smallest absolute Gasteiger partial charge is 0.355 e. The van der Waals surface area contributed by atoms with E-state index in [1.807, 2.05) is 67.6 Å². The zero-order valence-corrected chi connectivity index (χ0v) is 18.3. The Morgan fingerprint density at radius 1 is 1.03 bits per heavy atom. The van der Waals surface area contributed by atoms with Crippen LogP contribution in [0.2, 0.25) is 0 Å². The molecule has 5 nitrogen and oxygen atoms in total. The second-order valence-electron chi connectivity index (χ2n) is 7.27. The number of nitrogens with zero attached hydrogens (tertiary/aromatic N) is 2. The molecule has 0 aliphatic heterocycles. The second kappa shape index (κ2) is 9.94. The van der Waals surface area contributed by atoms with E-state index in [-0.39, 0.29) is 12.5 Å². The lowest BCUT2D eigenvalue weighted by molar-refractivity contribution is 0.0513. The lowest BCUT2D eigenvalue weighted by Gasteiger charge is -2.24. The molecule has 160 valence electrons. The van der Waals surface area contributed by atoms with Crippen molar-refractivity contribution in [2.45, 2.75) is 33.9 Å². The molecule has 0 unspecified atom stereocenters. The van der Waals surface area contributed by atoms with Crippen LogP contribution in [0.15, 0.2) is 73.3 Å². The Morgan fingerprint density at radius 3 is 2.23 bits per heavy atom. The first kappa shape index (κ1) is 22.1. The number of aromatic nitrogens is 1. The van der Waals surface area contributed by atoms with Crippen LogP contribution in [0.4, 0.5) is 5.69 Å². The molecule has 0 aliphatic carbocycles. The molecule has 1 aromatic heterocycles. The minimum Gasteiger partial charge on any atom is -0.461 e. The average Bonchev–Trinajstić information content (AvgIpc) is 3.03. The van der Waals surface area contributed by atoms with Gasteiger partial charge in [-0.2, -0.15) is 0 Å². The summed E-state index contributed by atoms with van der Waals surface area (Å²) in [6, 6.07) is 19.4. The van der Waals surface area contributed by atoms with Gasteiger partial charge in [0.05, 0.1) is 18.7 Å². The Labute approximate surface area is 183 Å². The van der Waals surface area contributed by atoms with Gasteiger partial charge in [0.1, 0.15) is 5.69 Å². The van der Waals surface area contributed by atoms with Gasteiger partial charge < -0.3 is 14.2 Å². The van der Waals surface area contributed by atoms with Crippen LogP contribution in [0.1, 0.15) is 44.6 Å². The minimum atomic E-state index is -0.432. The normalized spacial score (nSPS) is 10.5. The van der Waals surface area contributed by atoms with Crippen molar-refractivity contribution in [1.29, 1.82) is 0 Å². The Hall–Kier alpha value is -3.60. The van der Waals surface area contributed by atoms with E-state index in [1.54, 1.807) is 29.4 Å². The van der Waals surface area contributed by atoms with Crippen LogP contribution < -0.4 is 4.90 Å². The fraction of sp³-hybridized carbons (Fsp3) is 0.231. The molecule has 0 bridgehead atoms. The third kappa shape index (κ3) is 4.61. The number of carbonyl (C=O) groups excluding carboxylic acids is 2. The molecule has 2 aromatic carbocycles. The van der Waals surface area contributed by atoms with E-state index in [9.17, 15) is 9.59 Å². The van der Waals surface area contributed by atoms with Crippen LogP contribution in [-0.4, -0.2) is 23.1 Å². The number of amides is 1. The number of para-hydroxylation sites is 1. The molecule has 0 radical (unpaired) electrons. The van der Waals surface area contributed by atoms with E-state index >= 15 is 0 Å². The summed E-state index contributed by atoms with van der Waals surface area (Å²) in [6.45, 7) is 10.3. The number of esters is 1. The van der Waals surface area contributed by atoms with Crippen molar-refractivity contribution >= 4 is 17.6 Å². The first-order valence-electron chi connectivity index (χ1n) is 10.4. The lowest BCUT2D eigenvalue weighted by atomic mass is 10.1. The molecule has 3 aromatic rings. The SMILES string of the molecule is C=CCn1c(C)c(C(=O)N(Cc2ccccc2)c2ccccc2)c(C)c1C(=O)OCC. The standard InChI is InChI=1S/C26H28N2O3/c1-5-17-27-20(4)23(19(3)24(27)26(30)31-6-2)25(29)28(22-15-11-8-12-16-22)18-21-13-9-7-10-14-21/h5,7-16H,1,6,17-18H2,2-4H3. The molecule has 0 aliphatic rings. The average molecular weight is 417 g/mol. The number of allylic oxidation sites excluding steroid dienone is 1. The van der Waals surface area contributed by atoms with Crippen LogP contribution in [0.5, 0.6) is 0 Å². The summed E-state index contributed by atoms with van der Waals surface area (Å²) in [5.41, 5.74) is 4.08. The third-order valence-corrected chi connectivity index (χ3v) is 5.26. The van der Waals surface area contributed by atoms with E-state index in [0.717, 1.165) is 16.9 Å². The summed E-state index contributed by atoms with van der Waals surface area (Å²) in [5.74, 6) is -0.586. The predicted octanol–water partition coefficient (Wildman–Crippen LogP) is 5.31. The summed E-state index contributed by atoms with van der Waals surface area (Å²) >= 11 is 0. The van der Waals surface area contributed by atoms with Crippen molar-refractivity contribution in [3.63, 3.8) is 0 Å². The summed E-state index contributed by atoms with van der Waals surface area (Å²) in [7, 11) is 0. The summed E-state index contributed by atoms with van der Waals surface area (Å²) < 4.78 is 7.07. The van der Waals surface area contributed by atoms with Crippen LogP contribution >= 0.6 is 0 Å². The number of hydrogen-bond acceptors (Lipinski definition) is 3. The van der Waals surface area contributed by atoms with Gasteiger partial charge in [0.25, 0.3) is 5.91 Å². The van der Waals surface area contributed by atoms with Gasteiger partial charge >= 0.3 is 5.97 Å². The Balaban J connectivity index is 2.12. The van der Waals surface area contributed by atoms with Gasteiger partial charge in [-0.3, -0.25) is 4.79 Å². The van der Waals surface area contributed by atoms with Crippen LogP contribution in [-0.2, 0) is 17.8 Å². The quantitative estimate of drug-likeness (QED) is 0.369. The van der Waals surface area contributed by atoms with Crippen molar-refractivity contribution in [2.75, 3.05) is 11.5 Å². The number of ether oxygens (including phenoxy) is 1. The number of rotatable bonds is 8. The minimum absolute atomic E-state index is 0.154. The molecule has 0 atom stereocenters. The van der Waals surface area contributed by atoms with E-state index in [1.165, 1.54) is 0 Å². The highest BCUT2D eigenvalue weighted by atomic mass is 16.5. The molecule has 0 spiro atoms. The number of hydrogen-bond donors (Lipinski definition) is 0. The summed E-state index contributed by atoms with van der Waals surface area (Å²) in [4.78, 5) is 28.3. The van der Waals surface area contributed by atoms with Gasteiger partial charge in [-0.1, -0.05) is 54.6 Å². The Bertz CT molecular complexity index is 1070. The molecule has 0 N–H and O–H groups in total. The zero-order valence-electron chi connectivity index (χ0n) is 18.3. The molecule has 1 amide bonds. The van der Waals surface area contributed by atoms with Crippen molar-refractivity contribution in [1.82, 2.24) is 4.57 Å². The topological polar surface area (TPSA) is 51.5 Å². The Morgan fingerprint density at radius 2 is 1.65 bits per heavy atom. The molecule has 0 saturated heterocycles. The first-order valence-corrected chi connectivity index (χ1v) is 10.4. The molecule has 1 heterocycles. The number of anilines is 1. The van der Waals surface area contributed by atoms with Gasteiger partial charge in [0.15, 0.2) is 0 Å². The summed E-state index contributed by atoms with van der Waals surface area (Å²) in [6.07, 6.45) is 1.71. The highest BCUT2D eigenvalue weighted by Crippen LogP contribution is 2.28. The monoisotopic (exact) mass is 416 g/mol. The van der Waals surface area contributed by atoms with E-state index in [0.29, 0.717) is 29.9 Å². The van der Waals surface area contributed by atoms with Gasteiger partial charge in [-0.05, 0) is 44.0 Å². The van der Waals surface area contributed by atoms with Crippen molar-refractivity contribution < 1.29 is 14.3 Å². The van der Waals surface area contributed by atoms with Crippen LogP contribution in [0.3, 0.4) is 0 Å². The maximum Gasteiger partial charge on any atom is 0.355 e. The second-order valence-corrected chi connectivity index (χ2v) is 7.27. The van der Waals surface area contributed by atoms with Gasteiger partial charge in [0, 0.05) is 17.9 Å². The van der Waals surface area contributed by atoms with Gasteiger partial charge in [-0.25, -0.2) is 4.79 Å². The number of benzene rings is 2. The molecule has 3 rings (SSSR count). The van der Waals surface area contributed by atoms with Gasteiger partial charge in [0.2, 0.25) is 0 Å². The van der Waals surface area contributed by atoms with Crippen molar-refractivity contribution in [2.24, 2.45) is 0 Å². The molecule has 0 saturated carbocycles. The molecule has 5 heteroatoms. The Kier molecular flexibility index (Phi) is 7.08. The highest BCUT2D eigenvalue weighted by Gasteiger charge is 2.30. The fourth-order valence-corrected chi connectivity index (χ4v) is 3.82. The number of carbonyl (C=O) groups is 2. The van der Waals surface area contributed by atoms with E-state index in [4.69, 9.17) is 4.74 Å². The predicted molar refractivity (Wildman–Crippen MR) is 123 cm³/mol. The molecular formula is C26H28N2O3. The lowest BCUT2D eigenvalue weighted by Crippen LogP contribution is -2.31. The van der Waals surface area contributed by atoms with Crippen LogP contribution in [0, 0.1) is 13.8 Å². The van der Waals surface area contributed by atoms with Crippen LogP contribution in [0.25, 0.3) is 0 Å². The van der Waals surface area contributed by atoms with Gasteiger partial charge in [-0.15, -0.1) is 6.58 Å². The fourth-order valence-electron chi connectivity index (χ4n) is 3.82. The largest absolute Gasteiger partial charge is 0.461 e. The zero-order chi connectivity index (χ0) is 22.4. The highest BCUT2D eigenvalue weighted by molar-refractivity contribution is 6.09. The molecule has 31 heavy (non-hydrogen) atoms. The van der Waals surface area contributed by atoms with E-state index < -0.39 is 5.97 Å². The van der Waals surface area contributed by atoms with Crippen molar-refractivity contribution in [3.8, 4) is 0 Å². The molecule has 0 fully saturated rings. The van der Waals surface area contributed by atoms with E-state index in [2.05, 4.69) is 6.58 Å². The van der Waals surface area contributed by atoms with Crippen molar-refractivity contribution in [3.05, 3.63) is 101 Å². The summed E-state index contributed by atoms with van der Waals surface area (Å²) in [5, 5.41) is 0. The maximum absolute atomic E-state index is 13.9. The molecular weight excluding hydrogens is 388 g/mol. The first-order chi connectivity index (χ1) is 15.0. The maximum atomic E-state index is 13.9.